The fraction of sp³-hybridized carbons (Fsp3) is 0.222. The Hall–Kier alpha value is -6.44. The minimum Gasteiger partial charge on any atom is -0.516 e. The number of hydrogen-bond donors (Lipinski definition) is 0. The predicted octanol–water partition coefficient (Wildman–Crippen LogP) is 12.7. The molecule has 0 atom stereocenters. The van der Waals surface area contributed by atoms with Crippen LogP contribution in [0, 0.1) is 0 Å². The third kappa shape index (κ3) is 6.91. The highest BCUT2D eigenvalue weighted by Gasteiger charge is 2.55. The Morgan fingerprint density at radius 3 is 1.36 bits per heavy atom. The molecule has 2 aromatic heterocycles. The van der Waals surface area contributed by atoms with Crippen LogP contribution in [0.1, 0.15) is 101 Å². The molecule has 0 saturated carbocycles. The van der Waals surface area contributed by atoms with Crippen LogP contribution in [0.15, 0.2) is 164 Å². The average molecular weight is 818 g/mol. The maximum atomic E-state index is 7.55. The molecule has 0 N–H and O–H groups in total. The van der Waals surface area contributed by atoms with Crippen LogP contribution < -0.4 is 19.4 Å². The predicted molar refractivity (Wildman–Crippen MR) is 255 cm³/mol. The summed E-state index contributed by atoms with van der Waals surface area (Å²) in [5.41, 5.74) is 11.8. The Bertz CT molecular complexity index is 2730. The van der Waals surface area contributed by atoms with Crippen LogP contribution in [0.4, 0.5) is 11.4 Å². The second-order valence-corrected chi connectivity index (χ2v) is 20.6. The number of benzene rings is 6. The highest BCUT2D eigenvalue weighted by molar-refractivity contribution is 7.02. The van der Waals surface area contributed by atoms with Crippen LogP contribution >= 0.6 is 0 Å². The molecule has 9 rings (SSSR count). The van der Waals surface area contributed by atoms with Gasteiger partial charge in [0, 0.05) is 52.0 Å². The van der Waals surface area contributed by atoms with E-state index in [9.17, 15) is 0 Å². The van der Waals surface area contributed by atoms with Crippen molar-refractivity contribution in [2.45, 2.75) is 79.1 Å². The summed E-state index contributed by atoms with van der Waals surface area (Å²) >= 11 is 0. The molecular formula is C54H55N5OSi. The van der Waals surface area contributed by atoms with Gasteiger partial charge in [0.2, 0.25) is 0 Å². The zero-order valence-corrected chi connectivity index (χ0v) is 37.5. The third-order valence-electron chi connectivity index (χ3n) is 12.2. The van der Waals surface area contributed by atoms with Crippen molar-refractivity contribution in [3.05, 3.63) is 187 Å². The summed E-state index contributed by atoms with van der Waals surface area (Å²) in [6, 6.07) is 50.6. The van der Waals surface area contributed by atoms with Gasteiger partial charge in [-0.15, -0.1) is 0 Å². The third-order valence-corrected chi connectivity index (χ3v) is 16.0. The van der Waals surface area contributed by atoms with E-state index >= 15 is 0 Å². The van der Waals surface area contributed by atoms with Crippen molar-refractivity contribution in [2.75, 3.05) is 4.57 Å². The summed E-state index contributed by atoms with van der Waals surface area (Å²) in [6.07, 6.45) is 8.09. The lowest BCUT2D eigenvalue weighted by Gasteiger charge is -2.36. The number of anilines is 2. The van der Waals surface area contributed by atoms with E-state index in [4.69, 9.17) is 14.4 Å². The largest absolute Gasteiger partial charge is 0.516 e. The second kappa shape index (κ2) is 16.2. The summed E-state index contributed by atoms with van der Waals surface area (Å²) < 4.78 is 14.7. The smallest absolute Gasteiger partial charge is 0.433 e. The summed E-state index contributed by atoms with van der Waals surface area (Å²) in [7, 11) is -3.25. The molecule has 1 aliphatic heterocycles. The first kappa shape index (κ1) is 40.0. The molecule has 3 heterocycles. The molecular weight excluding hydrogens is 763 g/mol. The van der Waals surface area contributed by atoms with Crippen LogP contribution in [0.25, 0.3) is 34.2 Å². The number of hydrogen-bond acceptors (Lipinski definition) is 4. The Morgan fingerprint density at radius 2 is 0.902 bits per heavy atom. The first-order chi connectivity index (χ1) is 29.6. The first-order valence-electron chi connectivity index (χ1n) is 21.8. The fourth-order valence-electron chi connectivity index (χ4n) is 9.24. The molecule has 7 heteroatoms. The van der Waals surface area contributed by atoms with Gasteiger partial charge in [-0.2, -0.15) is 0 Å². The van der Waals surface area contributed by atoms with Crippen molar-refractivity contribution in [2.24, 2.45) is 0 Å². The zero-order valence-electron chi connectivity index (χ0n) is 36.5. The van der Waals surface area contributed by atoms with Crippen molar-refractivity contribution in [1.29, 1.82) is 0 Å². The molecule has 0 radical (unpaired) electrons. The summed E-state index contributed by atoms with van der Waals surface area (Å²) in [5.74, 6) is 4.03. The van der Waals surface area contributed by atoms with Crippen LogP contribution in [0.3, 0.4) is 0 Å². The Balaban J connectivity index is 1.27. The summed E-state index contributed by atoms with van der Waals surface area (Å²) in [6.45, 7) is 18.2. The molecule has 0 fully saturated rings. The maximum Gasteiger partial charge on any atom is 0.433 e. The summed E-state index contributed by atoms with van der Waals surface area (Å²) in [5, 5.41) is 2.32. The van der Waals surface area contributed by atoms with Crippen LogP contribution in [0.5, 0.6) is 5.75 Å². The minimum absolute atomic E-state index is 0.343. The van der Waals surface area contributed by atoms with Crippen molar-refractivity contribution in [3.63, 3.8) is 0 Å². The number of nitrogens with zero attached hydrogens (tertiary/aromatic N) is 5. The quantitative estimate of drug-likeness (QED) is 0.122. The molecule has 0 saturated heterocycles. The van der Waals surface area contributed by atoms with Gasteiger partial charge in [0.05, 0.1) is 17.1 Å². The lowest BCUT2D eigenvalue weighted by atomic mass is 9.92. The fourth-order valence-corrected chi connectivity index (χ4v) is 13.2. The lowest BCUT2D eigenvalue weighted by Crippen LogP contribution is -2.71. The highest BCUT2D eigenvalue weighted by Crippen LogP contribution is 2.48. The maximum absolute atomic E-state index is 7.55. The van der Waals surface area contributed by atoms with Crippen molar-refractivity contribution >= 4 is 30.2 Å². The normalized spacial score (nSPS) is 13.4. The van der Waals surface area contributed by atoms with Gasteiger partial charge in [-0.1, -0.05) is 165 Å². The molecule has 6 nitrogen and oxygen atoms in total. The Labute approximate surface area is 362 Å². The van der Waals surface area contributed by atoms with Crippen molar-refractivity contribution < 1.29 is 4.43 Å². The molecule has 0 unspecified atom stereocenters. The monoisotopic (exact) mass is 817 g/mol. The number of fused-ring (bicyclic) bond motifs is 1. The molecule has 0 amide bonds. The van der Waals surface area contributed by atoms with Gasteiger partial charge in [-0.3, -0.25) is 9.13 Å². The number of imidazole rings is 2. The number of aromatic nitrogens is 4. The van der Waals surface area contributed by atoms with E-state index in [2.05, 4.69) is 221 Å². The molecule has 61 heavy (non-hydrogen) atoms. The molecule has 0 aliphatic carbocycles. The zero-order chi connectivity index (χ0) is 42.4. The van der Waals surface area contributed by atoms with E-state index in [0.29, 0.717) is 23.7 Å². The van der Waals surface area contributed by atoms with Gasteiger partial charge in [0.25, 0.3) is 0 Å². The van der Waals surface area contributed by atoms with Gasteiger partial charge in [-0.25, -0.2) is 9.97 Å². The second-order valence-electron chi connectivity index (χ2n) is 17.5. The van der Waals surface area contributed by atoms with Crippen molar-refractivity contribution in [1.82, 2.24) is 19.1 Å². The van der Waals surface area contributed by atoms with E-state index in [1.165, 1.54) is 33.6 Å². The van der Waals surface area contributed by atoms with Crippen LogP contribution in [-0.4, -0.2) is 27.6 Å². The molecule has 0 spiro atoms. The van der Waals surface area contributed by atoms with E-state index in [-0.39, 0.29) is 0 Å². The van der Waals surface area contributed by atoms with Gasteiger partial charge in [0.1, 0.15) is 17.4 Å². The molecule has 1 aliphatic rings. The van der Waals surface area contributed by atoms with Crippen LogP contribution in [0.2, 0.25) is 0 Å². The number of rotatable bonds is 11. The van der Waals surface area contributed by atoms with E-state index in [0.717, 1.165) is 50.3 Å². The van der Waals surface area contributed by atoms with E-state index < -0.39 is 8.48 Å². The molecule has 8 aromatic rings. The van der Waals surface area contributed by atoms with Crippen LogP contribution in [-0.2, 0) is 0 Å². The molecule has 0 bridgehead atoms. The minimum atomic E-state index is -3.25. The number of para-hydroxylation sites is 2. The van der Waals surface area contributed by atoms with E-state index in [1.807, 2.05) is 12.4 Å². The SMILES string of the molecule is CC(C)c1cccc(C(C)C)c1-n1ccnc1-c1cccc(N2c3cc(-c4nccn4-c4c(C(C)C)cccc4C(C)C)ccc3O[Si]2(c2ccccc2)c2ccccc2)c1. The van der Waals surface area contributed by atoms with E-state index in [1.54, 1.807) is 0 Å². The standard InChI is InChI=1S/C54H55N5OSi/c1-36(2)45-24-16-25-46(37(3)4)51(45)57-32-30-55-53(57)40-18-15-19-42(34-40)59-49-35-41(54-56-31-33-58(54)52-47(38(5)6)26-17-27-48(52)39(7)8)28-29-50(49)60-61(59,43-20-11-9-12-21-43)44-22-13-10-14-23-44/h9-39H,1-8H3. The van der Waals surface area contributed by atoms with Crippen molar-refractivity contribution in [3.8, 4) is 39.9 Å². The first-order valence-corrected chi connectivity index (χ1v) is 23.6. The topological polar surface area (TPSA) is 48.1 Å². The molecule has 6 aromatic carbocycles. The molecule has 306 valence electrons. The van der Waals surface area contributed by atoms with Gasteiger partial charge >= 0.3 is 8.48 Å². The average Bonchev–Trinajstić information content (AvgIpc) is 4.05. The Kier molecular flexibility index (Phi) is 10.6. The Morgan fingerprint density at radius 1 is 0.459 bits per heavy atom. The van der Waals surface area contributed by atoms with Gasteiger partial charge in [-0.05, 0) is 76.3 Å². The summed E-state index contributed by atoms with van der Waals surface area (Å²) in [4.78, 5) is 10.1. The highest BCUT2D eigenvalue weighted by atomic mass is 28.4. The lowest BCUT2D eigenvalue weighted by molar-refractivity contribution is 0.588. The van der Waals surface area contributed by atoms with Gasteiger partial charge in [0.15, 0.2) is 0 Å². The van der Waals surface area contributed by atoms with Gasteiger partial charge < -0.3 is 8.99 Å².